The van der Waals surface area contributed by atoms with E-state index in [0.717, 1.165) is 16.8 Å². The van der Waals surface area contributed by atoms with Gasteiger partial charge in [0.2, 0.25) is 5.79 Å². The molecule has 4 aromatic rings. The van der Waals surface area contributed by atoms with Crippen LogP contribution in [0.1, 0.15) is 17.0 Å². The Morgan fingerprint density at radius 1 is 1.21 bits per heavy atom. The van der Waals surface area contributed by atoms with E-state index >= 15 is 0 Å². The minimum Gasteiger partial charge on any atom is -0.342 e. The van der Waals surface area contributed by atoms with Crippen molar-refractivity contribution in [3.63, 3.8) is 0 Å². The highest BCUT2D eigenvalue weighted by Crippen LogP contribution is 2.41. The lowest BCUT2D eigenvalue weighted by molar-refractivity contribution is -0.186. The Hall–Kier alpha value is -2.91. The van der Waals surface area contributed by atoms with Gasteiger partial charge in [-0.25, -0.2) is 19.4 Å². The van der Waals surface area contributed by atoms with Crippen molar-refractivity contribution < 1.29 is 9.47 Å². The molecule has 1 N–H and O–H groups in total. The maximum Gasteiger partial charge on any atom is 0.347 e. The van der Waals surface area contributed by atoms with Gasteiger partial charge >= 0.3 is 5.69 Å². The Labute approximate surface area is 199 Å². The summed E-state index contributed by atoms with van der Waals surface area (Å²) in [6, 6.07) is 13.0. The molecule has 0 radical (unpaired) electrons. The van der Waals surface area contributed by atoms with E-state index in [0.29, 0.717) is 35.4 Å². The number of hydrogen-bond acceptors (Lipinski definition) is 5. The molecule has 10 heteroatoms. The fourth-order valence-corrected chi connectivity index (χ4v) is 4.67. The minimum atomic E-state index is -1.06. The van der Waals surface area contributed by atoms with Crippen molar-refractivity contribution in [1.82, 2.24) is 24.3 Å². The number of benzene rings is 2. The maximum absolute atomic E-state index is 12.0. The van der Waals surface area contributed by atoms with Crippen LogP contribution in [0.25, 0.3) is 5.69 Å². The Morgan fingerprint density at radius 2 is 2.03 bits per heavy atom. The van der Waals surface area contributed by atoms with Crippen LogP contribution in [0.4, 0.5) is 0 Å². The smallest absolute Gasteiger partial charge is 0.342 e. The summed E-state index contributed by atoms with van der Waals surface area (Å²) in [6.45, 7) is 2.57. The van der Waals surface area contributed by atoms with Gasteiger partial charge in [-0.3, -0.25) is 0 Å². The van der Waals surface area contributed by atoms with E-state index < -0.39 is 5.79 Å². The molecule has 0 spiro atoms. The molecule has 2 aromatic carbocycles. The maximum atomic E-state index is 12.0. The molecule has 1 aliphatic heterocycles. The zero-order valence-electron chi connectivity index (χ0n) is 17.7. The summed E-state index contributed by atoms with van der Waals surface area (Å²) in [5, 5.41) is 7.43. The highest BCUT2D eigenvalue weighted by Gasteiger charge is 2.45. The van der Waals surface area contributed by atoms with Crippen LogP contribution in [0, 0.1) is 6.92 Å². The summed E-state index contributed by atoms with van der Waals surface area (Å²) >= 11 is 12.6. The number of imidazole rings is 1. The number of nitrogens with one attached hydrogen (secondary N) is 1. The quantitative estimate of drug-likeness (QED) is 0.447. The monoisotopic (exact) mass is 485 g/mol. The van der Waals surface area contributed by atoms with Gasteiger partial charge in [0.15, 0.2) is 0 Å². The van der Waals surface area contributed by atoms with Crippen molar-refractivity contribution in [2.75, 3.05) is 6.61 Å². The van der Waals surface area contributed by atoms with Crippen LogP contribution in [0.3, 0.4) is 0 Å². The first-order valence-electron chi connectivity index (χ1n) is 10.4. The molecule has 0 aliphatic carbocycles. The number of rotatable bonds is 6. The predicted molar refractivity (Wildman–Crippen MR) is 124 cm³/mol. The van der Waals surface area contributed by atoms with Crippen LogP contribution >= 0.6 is 23.2 Å². The molecule has 5 rings (SSSR count). The first kappa shape index (κ1) is 21.9. The number of nitrogens with zero attached hydrogens (tertiary/aromatic N) is 4. The molecule has 0 saturated carbocycles. The second kappa shape index (κ2) is 8.79. The number of hydrogen-bond donors (Lipinski definition) is 1. The van der Waals surface area contributed by atoms with E-state index in [-0.39, 0.29) is 11.8 Å². The van der Waals surface area contributed by atoms with Crippen LogP contribution in [-0.4, -0.2) is 37.0 Å². The van der Waals surface area contributed by atoms with E-state index in [2.05, 4.69) is 15.2 Å². The summed E-state index contributed by atoms with van der Waals surface area (Å²) in [6.07, 6.45) is 5.72. The molecule has 0 unspecified atom stereocenters. The fourth-order valence-electron chi connectivity index (χ4n) is 4.12. The summed E-state index contributed by atoms with van der Waals surface area (Å²) in [5.41, 5.74) is 2.26. The lowest BCUT2D eigenvalue weighted by Crippen LogP contribution is -2.34. The third kappa shape index (κ3) is 4.35. The van der Waals surface area contributed by atoms with Crippen LogP contribution in [0.2, 0.25) is 10.0 Å². The third-order valence-corrected chi connectivity index (χ3v) is 6.20. The second-order valence-corrected chi connectivity index (χ2v) is 8.79. The zero-order valence-corrected chi connectivity index (χ0v) is 19.3. The number of aromatic amines is 1. The molecule has 33 heavy (non-hydrogen) atoms. The first-order chi connectivity index (χ1) is 15.9. The summed E-state index contributed by atoms with van der Waals surface area (Å²) in [7, 11) is 0. The van der Waals surface area contributed by atoms with Crippen molar-refractivity contribution in [2.24, 2.45) is 0 Å². The molecule has 0 amide bonds. The van der Waals surface area contributed by atoms with Crippen LogP contribution in [0.5, 0.6) is 0 Å². The normalized spacial score (nSPS) is 20.4. The Bertz CT molecular complexity index is 1320. The molecule has 3 heterocycles. The predicted octanol–water partition coefficient (Wildman–Crippen LogP) is 3.88. The average Bonchev–Trinajstić information content (AvgIpc) is 3.51. The van der Waals surface area contributed by atoms with Gasteiger partial charge in [0.05, 0.1) is 36.3 Å². The Balaban J connectivity index is 1.38. The topological polar surface area (TPSA) is 87.0 Å². The minimum absolute atomic E-state index is 0.190. The molecule has 1 saturated heterocycles. The van der Waals surface area contributed by atoms with Gasteiger partial charge in [0.25, 0.3) is 0 Å². The fraction of sp³-hybridized carbons (Fsp3) is 0.261. The standard InChI is InChI=1S/C23H21Cl2N5O3/c1-15-27-28-22(31)30(15)18-5-2-16(3-6-18)10-19-12-32-23(33-19,13-29-9-8-26-14-29)20-7-4-17(24)11-21(20)25/h2-9,11,14,19H,10,12-13H2,1H3,(H,28,31)/t19-,23-/m1/s1. The molecular formula is C23H21Cl2N5O3. The molecular weight excluding hydrogens is 465 g/mol. The first-order valence-corrected chi connectivity index (χ1v) is 11.2. The molecule has 1 aliphatic rings. The SMILES string of the molecule is Cc1n[nH]c(=O)n1-c1ccc(C[C@@H]2CO[C@@](Cn3ccnc3)(c3ccc(Cl)cc3Cl)O2)cc1. The molecule has 1 fully saturated rings. The third-order valence-electron chi connectivity index (χ3n) is 5.65. The van der Waals surface area contributed by atoms with Gasteiger partial charge < -0.3 is 14.0 Å². The van der Waals surface area contributed by atoms with Crippen molar-refractivity contribution >= 4 is 23.2 Å². The Kier molecular flexibility index (Phi) is 5.84. The summed E-state index contributed by atoms with van der Waals surface area (Å²) < 4.78 is 16.2. The van der Waals surface area contributed by atoms with E-state index in [9.17, 15) is 4.79 Å². The largest absolute Gasteiger partial charge is 0.347 e. The Morgan fingerprint density at radius 3 is 2.70 bits per heavy atom. The van der Waals surface area contributed by atoms with Crippen molar-refractivity contribution in [3.05, 3.63) is 98.7 Å². The molecule has 0 bridgehead atoms. The van der Waals surface area contributed by atoms with E-state index in [1.165, 1.54) is 4.57 Å². The van der Waals surface area contributed by atoms with Gasteiger partial charge in [0, 0.05) is 29.4 Å². The molecule has 8 nitrogen and oxygen atoms in total. The number of aromatic nitrogens is 5. The van der Waals surface area contributed by atoms with Crippen molar-refractivity contribution in [3.8, 4) is 5.69 Å². The lowest BCUT2D eigenvalue weighted by Gasteiger charge is -2.30. The molecule has 170 valence electrons. The van der Waals surface area contributed by atoms with E-state index in [1.54, 1.807) is 31.6 Å². The van der Waals surface area contributed by atoms with E-state index in [1.807, 2.05) is 41.1 Å². The van der Waals surface area contributed by atoms with Gasteiger partial charge in [-0.2, -0.15) is 5.10 Å². The van der Waals surface area contributed by atoms with Gasteiger partial charge in [0.1, 0.15) is 5.82 Å². The van der Waals surface area contributed by atoms with Crippen molar-refractivity contribution in [1.29, 1.82) is 0 Å². The van der Waals surface area contributed by atoms with Crippen LogP contribution in [0.15, 0.2) is 66.0 Å². The average molecular weight is 486 g/mol. The lowest BCUT2D eigenvalue weighted by atomic mass is 10.0. The number of ether oxygens (including phenoxy) is 2. The number of H-pyrrole nitrogens is 1. The molecule has 2 atom stereocenters. The number of halogens is 2. The van der Waals surface area contributed by atoms with Crippen molar-refractivity contribution in [2.45, 2.75) is 31.8 Å². The van der Waals surface area contributed by atoms with E-state index in [4.69, 9.17) is 32.7 Å². The van der Waals surface area contributed by atoms with Gasteiger partial charge in [-0.1, -0.05) is 41.4 Å². The van der Waals surface area contributed by atoms with Gasteiger partial charge in [-0.15, -0.1) is 0 Å². The highest BCUT2D eigenvalue weighted by atomic mass is 35.5. The van der Waals surface area contributed by atoms with Crippen LogP contribution < -0.4 is 5.69 Å². The summed E-state index contributed by atoms with van der Waals surface area (Å²) in [4.78, 5) is 16.1. The van der Waals surface area contributed by atoms with Crippen LogP contribution in [-0.2, 0) is 28.2 Å². The number of aryl methyl sites for hydroxylation is 1. The van der Waals surface area contributed by atoms with Gasteiger partial charge in [-0.05, 0) is 36.8 Å². The summed E-state index contributed by atoms with van der Waals surface area (Å²) in [5.74, 6) is -0.460. The zero-order chi connectivity index (χ0) is 23.0. The highest BCUT2D eigenvalue weighted by molar-refractivity contribution is 6.35. The second-order valence-electron chi connectivity index (χ2n) is 7.94. The molecule has 2 aromatic heterocycles.